The molecule has 0 atom stereocenters. The summed E-state index contributed by atoms with van der Waals surface area (Å²) in [6.45, 7) is 2.36. The fourth-order valence-corrected chi connectivity index (χ4v) is 4.01. The van der Waals surface area contributed by atoms with Crippen LogP contribution in [0.1, 0.15) is 23.6 Å². The number of nitriles is 1. The van der Waals surface area contributed by atoms with Crippen LogP contribution in [0.3, 0.4) is 0 Å². The molecule has 1 aromatic heterocycles. The van der Waals surface area contributed by atoms with Crippen LogP contribution in [0.5, 0.6) is 5.88 Å². The molecule has 2 heterocycles. The van der Waals surface area contributed by atoms with Crippen molar-refractivity contribution in [2.24, 2.45) is 0 Å². The fourth-order valence-electron chi connectivity index (χ4n) is 4.01. The minimum absolute atomic E-state index is 0.379. The highest BCUT2D eigenvalue weighted by molar-refractivity contribution is 5.91. The molecule has 4 aromatic rings. The lowest BCUT2D eigenvalue weighted by Crippen LogP contribution is -2.13. The summed E-state index contributed by atoms with van der Waals surface area (Å²) >= 11 is 0. The number of rotatable bonds is 3. The Balaban J connectivity index is 1.75. The molecule has 0 saturated heterocycles. The minimum Gasteiger partial charge on any atom is -0.477 e. The molecule has 0 spiro atoms. The third-order valence-corrected chi connectivity index (χ3v) is 5.31. The molecule has 4 heteroatoms. The Morgan fingerprint density at radius 1 is 1.03 bits per heavy atom. The summed E-state index contributed by atoms with van der Waals surface area (Å²) in [5.41, 5.74) is 5.66. The van der Waals surface area contributed by atoms with Crippen molar-refractivity contribution in [3.63, 3.8) is 0 Å². The number of fused-ring (bicyclic) bond motifs is 3. The van der Waals surface area contributed by atoms with Gasteiger partial charge in [-0.15, -0.1) is 0 Å². The maximum Gasteiger partial charge on any atom is 0.234 e. The van der Waals surface area contributed by atoms with Gasteiger partial charge in [0.05, 0.1) is 6.61 Å². The number of nitrogens with one attached hydrogen (secondary N) is 1. The van der Waals surface area contributed by atoms with Crippen LogP contribution >= 0.6 is 0 Å². The van der Waals surface area contributed by atoms with E-state index in [1.807, 2.05) is 43.3 Å². The Labute approximate surface area is 169 Å². The SMILES string of the molecule is CCOc1nc2c(c(-c3ccccc3)c1C#N)Cc1cc3ccccc3cc1N2. The van der Waals surface area contributed by atoms with Gasteiger partial charge in [-0.05, 0) is 41.0 Å². The van der Waals surface area contributed by atoms with E-state index in [0.717, 1.165) is 28.2 Å². The van der Waals surface area contributed by atoms with Crippen LogP contribution < -0.4 is 10.1 Å². The highest BCUT2D eigenvalue weighted by Gasteiger charge is 2.26. The zero-order valence-corrected chi connectivity index (χ0v) is 16.1. The van der Waals surface area contributed by atoms with Crippen molar-refractivity contribution in [1.29, 1.82) is 5.26 Å². The largest absolute Gasteiger partial charge is 0.477 e. The molecule has 4 nitrogen and oxygen atoms in total. The molecule has 3 aromatic carbocycles. The van der Waals surface area contributed by atoms with Crippen molar-refractivity contribution < 1.29 is 4.74 Å². The summed E-state index contributed by atoms with van der Waals surface area (Å²) in [5.74, 6) is 1.14. The number of nitrogens with zero attached hydrogens (tertiary/aromatic N) is 2. The molecule has 1 N–H and O–H groups in total. The Kier molecular flexibility index (Phi) is 4.14. The summed E-state index contributed by atoms with van der Waals surface area (Å²) in [7, 11) is 0. The molecule has 0 unspecified atom stereocenters. The highest BCUT2D eigenvalue weighted by Crippen LogP contribution is 2.43. The molecule has 0 bridgehead atoms. The van der Waals surface area contributed by atoms with Gasteiger partial charge in [0.2, 0.25) is 5.88 Å². The summed E-state index contributed by atoms with van der Waals surface area (Å²) in [4.78, 5) is 4.68. The topological polar surface area (TPSA) is 57.9 Å². The number of benzene rings is 3. The summed E-state index contributed by atoms with van der Waals surface area (Å²) in [5, 5.41) is 15.8. The molecule has 140 valence electrons. The van der Waals surface area contributed by atoms with Gasteiger partial charge in [-0.1, -0.05) is 54.6 Å². The predicted molar refractivity (Wildman–Crippen MR) is 116 cm³/mol. The van der Waals surface area contributed by atoms with Crippen LogP contribution in [0.15, 0.2) is 66.7 Å². The molecule has 5 rings (SSSR count). The van der Waals surface area contributed by atoms with Crippen LogP contribution in [-0.4, -0.2) is 11.6 Å². The summed E-state index contributed by atoms with van der Waals surface area (Å²) in [6.07, 6.45) is 0.709. The summed E-state index contributed by atoms with van der Waals surface area (Å²) < 4.78 is 5.74. The number of hydrogen-bond acceptors (Lipinski definition) is 4. The van der Waals surface area contributed by atoms with E-state index in [9.17, 15) is 5.26 Å². The van der Waals surface area contributed by atoms with Crippen molar-refractivity contribution >= 4 is 22.3 Å². The first kappa shape index (κ1) is 17.3. The van der Waals surface area contributed by atoms with E-state index in [2.05, 4.69) is 46.7 Å². The second-order valence-corrected chi connectivity index (χ2v) is 7.06. The van der Waals surface area contributed by atoms with Gasteiger partial charge in [-0.2, -0.15) is 10.2 Å². The predicted octanol–water partition coefficient (Wildman–Crippen LogP) is 5.82. The van der Waals surface area contributed by atoms with Crippen LogP contribution in [0.25, 0.3) is 21.9 Å². The molecule has 1 aliphatic rings. The van der Waals surface area contributed by atoms with Gasteiger partial charge < -0.3 is 10.1 Å². The molecular weight excluding hydrogens is 358 g/mol. The Hall–Kier alpha value is -3.84. The lowest BCUT2D eigenvalue weighted by molar-refractivity contribution is 0.326. The molecule has 0 radical (unpaired) electrons. The lowest BCUT2D eigenvalue weighted by Gasteiger charge is -2.25. The van der Waals surface area contributed by atoms with E-state index < -0.39 is 0 Å². The molecule has 0 amide bonds. The van der Waals surface area contributed by atoms with E-state index in [1.54, 1.807) is 0 Å². The second-order valence-electron chi connectivity index (χ2n) is 7.06. The maximum absolute atomic E-state index is 9.93. The number of ether oxygens (including phenoxy) is 1. The minimum atomic E-state index is 0.379. The van der Waals surface area contributed by atoms with Crippen molar-refractivity contribution in [2.75, 3.05) is 11.9 Å². The van der Waals surface area contributed by atoms with Gasteiger partial charge in [0.1, 0.15) is 17.5 Å². The van der Waals surface area contributed by atoms with Crippen molar-refractivity contribution in [3.05, 3.63) is 83.4 Å². The van der Waals surface area contributed by atoms with Gasteiger partial charge in [-0.25, -0.2) is 0 Å². The zero-order valence-electron chi connectivity index (χ0n) is 16.1. The molecule has 1 aliphatic heterocycles. The Bertz CT molecular complexity index is 1270. The first-order chi connectivity index (χ1) is 14.3. The molecule has 0 fully saturated rings. The molecule has 0 aliphatic carbocycles. The van der Waals surface area contributed by atoms with Crippen molar-refractivity contribution in [3.8, 4) is 23.1 Å². The summed E-state index contributed by atoms with van der Waals surface area (Å²) in [6, 6.07) is 25.1. The zero-order chi connectivity index (χ0) is 19.8. The van der Waals surface area contributed by atoms with Crippen LogP contribution in [-0.2, 0) is 6.42 Å². The van der Waals surface area contributed by atoms with Gasteiger partial charge in [-0.3, -0.25) is 0 Å². The molecular formula is C25H19N3O. The smallest absolute Gasteiger partial charge is 0.234 e. The van der Waals surface area contributed by atoms with E-state index >= 15 is 0 Å². The Morgan fingerprint density at radius 3 is 2.48 bits per heavy atom. The molecule has 29 heavy (non-hydrogen) atoms. The second kappa shape index (κ2) is 6.96. The normalized spacial score (nSPS) is 11.9. The van der Waals surface area contributed by atoms with Crippen LogP contribution in [0, 0.1) is 11.3 Å². The fraction of sp³-hybridized carbons (Fsp3) is 0.120. The highest BCUT2D eigenvalue weighted by atomic mass is 16.5. The van der Waals surface area contributed by atoms with E-state index in [4.69, 9.17) is 4.74 Å². The average Bonchev–Trinajstić information content (AvgIpc) is 2.76. The van der Waals surface area contributed by atoms with E-state index in [-0.39, 0.29) is 0 Å². The monoisotopic (exact) mass is 377 g/mol. The van der Waals surface area contributed by atoms with Gasteiger partial charge >= 0.3 is 0 Å². The number of hydrogen-bond donors (Lipinski definition) is 1. The van der Waals surface area contributed by atoms with E-state index in [0.29, 0.717) is 24.5 Å². The first-order valence-corrected chi connectivity index (χ1v) is 9.72. The van der Waals surface area contributed by atoms with Crippen molar-refractivity contribution in [1.82, 2.24) is 4.98 Å². The number of anilines is 2. The van der Waals surface area contributed by atoms with Crippen molar-refractivity contribution in [2.45, 2.75) is 13.3 Å². The third-order valence-electron chi connectivity index (χ3n) is 5.31. The number of aromatic nitrogens is 1. The van der Waals surface area contributed by atoms with Gasteiger partial charge in [0.15, 0.2) is 0 Å². The standard InChI is InChI=1S/C25H19N3O/c1-2-29-25-21(15-26)23(16-8-4-3-5-9-16)20-13-19-12-17-10-6-7-11-18(17)14-22(19)27-24(20)28-25/h3-12,14H,2,13H2,1H3,(H,27,28). The van der Waals surface area contributed by atoms with Crippen LogP contribution in [0.2, 0.25) is 0 Å². The molecule has 0 saturated carbocycles. The van der Waals surface area contributed by atoms with E-state index in [1.165, 1.54) is 16.3 Å². The maximum atomic E-state index is 9.93. The van der Waals surface area contributed by atoms with Crippen LogP contribution in [0.4, 0.5) is 11.5 Å². The lowest BCUT2D eigenvalue weighted by atomic mass is 9.89. The average molecular weight is 377 g/mol. The van der Waals surface area contributed by atoms with Gasteiger partial charge in [0, 0.05) is 23.2 Å². The third kappa shape index (κ3) is 2.88. The number of pyridine rings is 1. The quantitative estimate of drug-likeness (QED) is 0.430. The Morgan fingerprint density at radius 2 is 1.76 bits per heavy atom. The van der Waals surface area contributed by atoms with Gasteiger partial charge in [0.25, 0.3) is 0 Å². The first-order valence-electron chi connectivity index (χ1n) is 9.72.